The van der Waals surface area contributed by atoms with E-state index in [0.717, 1.165) is 24.9 Å². The summed E-state index contributed by atoms with van der Waals surface area (Å²) in [5.41, 5.74) is 7.42. The normalized spacial score (nSPS) is 22.9. The minimum Gasteiger partial charge on any atom is -0.356 e. The summed E-state index contributed by atoms with van der Waals surface area (Å²) in [7, 11) is 0. The van der Waals surface area contributed by atoms with Crippen LogP contribution < -0.4 is 16.2 Å². The van der Waals surface area contributed by atoms with E-state index in [1.165, 1.54) is 0 Å². The number of amides is 1. The van der Waals surface area contributed by atoms with Gasteiger partial charge in [0.15, 0.2) is 0 Å². The Morgan fingerprint density at radius 1 is 1.39 bits per heavy atom. The fourth-order valence-electron chi connectivity index (χ4n) is 2.24. The van der Waals surface area contributed by atoms with Gasteiger partial charge in [-0.3, -0.25) is 10.2 Å². The second kappa shape index (κ2) is 6.52. The SMILES string of the molecule is CCCCNC(=O)C1CNNC1c1ccccc1. The van der Waals surface area contributed by atoms with Gasteiger partial charge in [-0.25, -0.2) is 5.43 Å². The van der Waals surface area contributed by atoms with Gasteiger partial charge in [0.1, 0.15) is 0 Å². The summed E-state index contributed by atoms with van der Waals surface area (Å²) in [5, 5.41) is 3.01. The molecule has 0 bridgehead atoms. The number of hydrazine groups is 1. The first-order valence-electron chi connectivity index (χ1n) is 6.64. The third-order valence-electron chi connectivity index (χ3n) is 3.31. The molecule has 0 aliphatic carbocycles. The molecular weight excluding hydrogens is 226 g/mol. The van der Waals surface area contributed by atoms with E-state index in [1.807, 2.05) is 18.2 Å². The minimum absolute atomic E-state index is 0.0377. The van der Waals surface area contributed by atoms with Gasteiger partial charge in [0.05, 0.1) is 12.0 Å². The summed E-state index contributed by atoms with van der Waals surface area (Å²) in [6.07, 6.45) is 2.14. The minimum atomic E-state index is -0.0377. The molecule has 1 aromatic rings. The van der Waals surface area contributed by atoms with Crippen LogP contribution in [0.3, 0.4) is 0 Å². The molecule has 0 saturated carbocycles. The lowest BCUT2D eigenvalue weighted by molar-refractivity contribution is -0.124. The Balaban J connectivity index is 1.97. The molecule has 98 valence electrons. The number of carbonyl (C=O) groups excluding carboxylic acids is 1. The van der Waals surface area contributed by atoms with Crippen LogP contribution >= 0.6 is 0 Å². The van der Waals surface area contributed by atoms with Crippen LogP contribution in [0.5, 0.6) is 0 Å². The van der Waals surface area contributed by atoms with Crippen molar-refractivity contribution >= 4 is 5.91 Å². The van der Waals surface area contributed by atoms with Crippen LogP contribution in [0.4, 0.5) is 0 Å². The molecule has 1 aliphatic heterocycles. The molecule has 1 aromatic carbocycles. The van der Waals surface area contributed by atoms with E-state index in [2.05, 4.69) is 35.2 Å². The average molecular weight is 247 g/mol. The van der Waals surface area contributed by atoms with Gasteiger partial charge in [0.25, 0.3) is 0 Å². The average Bonchev–Trinajstić information content (AvgIpc) is 2.89. The first kappa shape index (κ1) is 13.1. The maximum absolute atomic E-state index is 12.1. The van der Waals surface area contributed by atoms with Crippen LogP contribution in [-0.4, -0.2) is 19.0 Å². The van der Waals surface area contributed by atoms with E-state index >= 15 is 0 Å². The van der Waals surface area contributed by atoms with Crippen molar-refractivity contribution in [1.29, 1.82) is 0 Å². The first-order valence-corrected chi connectivity index (χ1v) is 6.64. The Kier molecular flexibility index (Phi) is 4.73. The van der Waals surface area contributed by atoms with Gasteiger partial charge in [-0.1, -0.05) is 43.7 Å². The summed E-state index contributed by atoms with van der Waals surface area (Å²) in [6.45, 7) is 3.57. The lowest BCUT2D eigenvalue weighted by Crippen LogP contribution is -2.35. The smallest absolute Gasteiger partial charge is 0.226 e. The third kappa shape index (κ3) is 3.09. The molecule has 1 aliphatic rings. The molecule has 0 radical (unpaired) electrons. The molecule has 1 saturated heterocycles. The van der Waals surface area contributed by atoms with E-state index in [4.69, 9.17) is 0 Å². The van der Waals surface area contributed by atoms with E-state index in [1.54, 1.807) is 0 Å². The van der Waals surface area contributed by atoms with Gasteiger partial charge in [-0.2, -0.15) is 0 Å². The summed E-state index contributed by atoms with van der Waals surface area (Å²) in [6, 6.07) is 10.2. The Morgan fingerprint density at radius 3 is 2.89 bits per heavy atom. The Hall–Kier alpha value is -1.39. The number of hydrogen-bond acceptors (Lipinski definition) is 3. The Labute approximate surface area is 108 Å². The number of hydrogen-bond donors (Lipinski definition) is 3. The molecule has 0 aromatic heterocycles. The molecule has 1 heterocycles. The number of rotatable bonds is 5. The summed E-state index contributed by atoms with van der Waals surface area (Å²) >= 11 is 0. The van der Waals surface area contributed by atoms with Crippen LogP contribution in [0.25, 0.3) is 0 Å². The van der Waals surface area contributed by atoms with Crippen LogP contribution in [0.2, 0.25) is 0 Å². The highest BCUT2D eigenvalue weighted by atomic mass is 16.2. The van der Waals surface area contributed by atoms with E-state index in [-0.39, 0.29) is 17.9 Å². The first-order chi connectivity index (χ1) is 8.83. The van der Waals surface area contributed by atoms with E-state index in [9.17, 15) is 4.79 Å². The molecule has 4 nitrogen and oxygen atoms in total. The van der Waals surface area contributed by atoms with Crippen LogP contribution in [0.1, 0.15) is 31.4 Å². The highest BCUT2D eigenvalue weighted by Gasteiger charge is 2.33. The summed E-state index contributed by atoms with van der Waals surface area (Å²) in [4.78, 5) is 12.1. The van der Waals surface area contributed by atoms with Gasteiger partial charge in [0, 0.05) is 13.1 Å². The van der Waals surface area contributed by atoms with Crippen LogP contribution in [-0.2, 0) is 4.79 Å². The monoisotopic (exact) mass is 247 g/mol. The molecular formula is C14H21N3O. The fraction of sp³-hybridized carbons (Fsp3) is 0.500. The number of unbranched alkanes of at least 4 members (excludes halogenated alkanes) is 1. The molecule has 0 spiro atoms. The molecule has 2 rings (SSSR count). The number of nitrogens with one attached hydrogen (secondary N) is 3. The maximum Gasteiger partial charge on any atom is 0.226 e. The highest BCUT2D eigenvalue weighted by molar-refractivity contribution is 5.80. The van der Waals surface area contributed by atoms with Gasteiger partial charge in [-0.05, 0) is 12.0 Å². The zero-order valence-electron chi connectivity index (χ0n) is 10.8. The lowest BCUT2D eigenvalue weighted by atomic mass is 9.94. The third-order valence-corrected chi connectivity index (χ3v) is 3.31. The fourth-order valence-corrected chi connectivity index (χ4v) is 2.24. The second-order valence-electron chi connectivity index (χ2n) is 4.66. The van der Waals surface area contributed by atoms with Gasteiger partial charge >= 0.3 is 0 Å². The number of carbonyl (C=O) groups is 1. The molecule has 2 unspecified atom stereocenters. The zero-order chi connectivity index (χ0) is 12.8. The van der Waals surface area contributed by atoms with Crippen molar-refractivity contribution in [1.82, 2.24) is 16.2 Å². The molecule has 1 amide bonds. The van der Waals surface area contributed by atoms with Crippen molar-refractivity contribution in [3.8, 4) is 0 Å². The summed E-state index contributed by atoms with van der Waals surface area (Å²) < 4.78 is 0. The van der Waals surface area contributed by atoms with Crippen LogP contribution in [0.15, 0.2) is 30.3 Å². The van der Waals surface area contributed by atoms with Crippen molar-refractivity contribution in [2.45, 2.75) is 25.8 Å². The van der Waals surface area contributed by atoms with Gasteiger partial charge < -0.3 is 5.32 Å². The van der Waals surface area contributed by atoms with Crippen LogP contribution in [0, 0.1) is 5.92 Å². The maximum atomic E-state index is 12.1. The van der Waals surface area contributed by atoms with E-state index < -0.39 is 0 Å². The number of benzene rings is 1. The van der Waals surface area contributed by atoms with Crippen molar-refractivity contribution in [3.63, 3.8) is 0 Å². The van der Waals surface area contributed by atoms with Crippen molar-refractivity contribution < 1.29 is 4.79 Å². The highest BCUT2D eigenvalue weighted by Crippen LogP contribution is 2.24. The van der Waals surface area contributed by atoms with Gasteiger partial charge in [0.2, 0.25) is 5.91 Å². The molecule has 3 N–H and O–H groups in total. The standard InChI is InChI=1S/C14H21N3O/c1-2-3-9-15-14(18)12-10-16-17-13(12)11-7-5-4-6-8-11/h4-8,12-13,16-17H,2-3,9-10H2,1H3,(H,15,18). The molecule has 2 atom stereocenters. The largest absolute Gasteiger partial charge is 0.356 e. The van der Waals surface area contributed by atoms with Gasteiger partial charge in [-0.15, -0.1) is 0 Å². The topological polar surface area (TPSA) is 53.2 Å². The molecule has 4 heteroatoms. The lowest BCUT2D eigenvalue weighted by Gasteiger charge is -2.18. The second-order valence-corrected chi connectivity index (χ2v) is 4.66. The predicted octanol–water partition coefficient (Wildman–Crippen LogP) is 1.37. The van der Waals surface area contributed by atoms with Crippen molar-refractivity contribution in [2.24, 2.45) is 5.92 Å². The van der Waals surface area contributed by atoms with E-state index in [0.29, 0.717) is 6.54 Å². The molecule has 1 fully saturated rings. The Bertz CT molecular complexity index is 380. The van der Waals surface area contributed by atoms with Crippen molar-refractivity contribution in [3.05, 3.63) is 35.9 Å². The summed E-state index contributed by atoms with van der Waals surface area (Å²) in [5.74, 6) is 0.0964. The quantitative estimate of drug-likeness (QED) is 0.689. The predicted molar refractivity (Wildman–Crippen MR) is 71.7 cm³/mol. The van der Waals surface area contributed by atoms with Crippen molar-refractivity contribution in [2.75, 3.05) is 13.1 Å². The zero-order valence-corrected chi connectivity index (χ0v) is 10.8. The Morgan fingerprint density at radius 2 is 2.17 bits per heavy atom. The molecule has 18 heavy (non-hydrogen) atoms.